The number of aryl methyl sites for hydroxylation is 1. The molecule has 162 valence electrons. The van der Waals surface area contributed by atoms with Gasteiger partial charge in [0.15, 0.2) is 0 Å². The quantitative estimate of drug-likeness (QED) is 0.513. The first kappa shape index (κ1) is 23.2. The summed E-state index contributed by atoms with van der Waals surface area (Å²) in [6.07, 6.45) is 1.06. The maximum Gasteiger partial charge on any atom is 0.315 e. The van der Waals surface area contributed by atoms with Gasteiger partial charge in [0.05, 0.1) is 11.9 Å². The molecule has 1 atom stereocenters. The number of benzene rings is 2. The van der Waals surface area contributed by atoms with Crippen LogP contribution in [0.15, 0.2) is 48.5 Å². The Hall–Kier alpha value is -3.07. The third kappa shape index (κ3) is 7.40. The zero-order valence-corrected chi connectivity index (χ0v) is 18.3. The molecule has 0 saturated heterocycles. The molecule has 0 aliphatic carbocycles. The summed E-state index contributed by atoms with van der Waals surface area (Å²) in [5.41, 5.74) is 2.47. The van der Waals surface area contributed by atoms with Crippen molar-refractivity contribution in [3.63, 3.8) is 0 Å². The minimum Gasteiger partial charge on any atom is -0.334 e. The van der Waals surface area contributed by atoms with Gasteiger partial charge < -0.3 is 16.0 Å². The number of nitrogens with one attached hydrogen (secondary N) is 4. The number of sulfonamides is 1. The van der Waals surface area contributed by atoms with Gasteiger partial charge >= 0.3 is 6.03 Å². The van der Waals surface area contributed by atoms with Crippen LogP contribution in [0.2, 0.25) is 0 Å². The topological polar surface area (TPSA) is 116 Å². The molecule has 0 aromatic heterocycles. The van der Waals surface area contributed by atoms with Crippen molar-refractivity contribution in [2.75, 3.05) is 16.3 Å². The van der Waals surface area contributed by atoms with Crippen molar-refractivity contribution in [1.29, 1.82) is 0 Å². The van der Waals surface area contributed by atoms with E-state index in [2.05, 4.69) is 20.7 Å². The van der Waals surface area contributed by atoms with Crippen LogP contribution >= 0.6 is 0 Å². The van der Waals surface area contributed by atoms with E-state index in [0.717, 1.165) is 17.4 Å². The van der Waals surface area contributed by atoms with Crippen LogP contribution in [0.3, 0.4) is 0 Å². The first-order valence-electron chi connectivity index (χ1n) is 9.53. The molecule has 2 rings (SSSR count). The summed E-state index contributed by atoms with van der Waals surface area (Å²) in [5.74, 6) is -0.555. The Morgan fingerprint density at radius 1 is 1.03 bits per heavy atom. The molecular weight excluding hydrogens is 404 g/mol. The second kappa shape index (κ2) is 10.1. The third-order valence-corrected chi connectivity index (χ3v) is 4.92. The molecule has 9 heteroatoms. The van der Waals surface area contributed by atoms with Crippen LogP contribution in [0.25, 0.3) is 0 Å². The minimum atomic E-state index is -3.45. The lowest BCUT2D eigenvalue weighted by molar-refractivity contribution is -0.118. The zero-order valence-electron chi connectivity index (χ0n) is 17.5. The number of rotatable bonds is 8. The highest BCUT2D eigenvalue weighted by atomic mass is 32.2. The van der Waals surface area contributed by atoms with Crippen LogP contribution in [0.1, 0.15) is 25.0 Å². The van der Waals surface area contributed by atoms with Crippen LogP contribution < -0.4 is 20.7 Å². The summed E-state index contributed by atoms with van der Waals surface area (Å²) in [6, 6.07) is 13.2. The fourth-order valence-corrected chi connectivity index (χ4v) is 3.35. The van der Waals surface area contributed by atoms with Crippen molar-refractivity contribution in [2.45, 2.75) is 33.4 Å². The lowest BCUT2D eigenvalue weighted by Gasteiger charge is -2.22. The smallest absolute Gasteiger partial charge is 0.315 e. The van der Waals surface area contributed by atoms with Crippen LogP contribution in [-0.4, -0.2) is 32.7 Å². The molecule has 0 saturated carbocycles. The fourth-order valence-electron chi connectivity index (χ4n) is 2.73. The van der Waals surface area contributed by atoms with Gasteiger partial charge in [-0.15, -0.1) is 0 Å². The lowest BCUT2D eigenvalue weighted by atomic mass is 10.0. The Morgan fingerprint density at radius 2 is 1.70 bits per heavy atom. The summed E-state index contributed by atoms with van der Waals surface area (Å²) in [6.45, 7) is 5.76. The van der Waals surface area contributed by atoms with E-state index >= 15 is 0 Å². The molecule has 0 radical (unpaired) electrons. The van der Waals surface area contributed by atoms with Crippen LogP contribution in [0.4, 0.5) is 16.2 Å². The van der Waals surface area contributed by atoms with Crippen molar-refractivity contribution in [3.8, 4) is 0 Å². The van der Waals surface area contributed by atoms with Gasteiger partial charge in [-0.05, 0) is 36.1 Å². The van der Waals surface area contributed by atoms with Crippen molar-refractivity contribution in [1.82, 2.24) is 10.6 Å². The molecule has 4 N–H and O–H groups in total. The molecule has 0 spiro atoms. The monoisotopic (exact) mass is 432 g/mol. The summed E-state index contributed by atoms with van der Waals surface area (Å²) in [5, 5.41) is 8.18. The van der Waals surface area contributed by atoms with Gasteiger partial charge in [-0.25, -0.2) is 13.2 Å². The molecule has 1 unspecified atom stereocenters. The second-order valence-corrected chi connectivity index (χ2v) is 9.18. The van der Waals surface area contributed by atoms with Gasteiger partial charge in [0.2, 0.25) is 15.9 Å². The maximum atomic E-state index is 12.8. The van der Waals surface area contributed by atoms with Gasteiger partial charge in [-0.2, -0.15) is 0 Å². The highest BCUT2D eigenvalue weighted by Crippen LogP contribution is 2.21. The van der Waals surface area contributed by atoms with Gasteiger partial charge in [-0.1, -0.05) is 50.2 Å². The Labute approximate surface area is 177 Å². The Bertz CT molecular complexity index is 991. The molecule has 0 heterocycles. The summed E-state index contributed by atoms with van der Waals surface area (Å²) >= 11 is 0. The molecule has 0 bridgehead atoms. The average molecular weight is 433 g/mol. The van der Waals surface area contributed by atoms with Crippen molar-refractivity contribution in [2.24, 2.45) is 5.92 Å². The van der Waals surface area contributed by atoms with Gasteiger partial charge in [0.25, 0.3) is 0 Å². The second-order valence-electron chi connectivity index (χ2n) is 7.43. The zero-order chi connectivity index (χ0) is 22.3. The van der Waals surface area contributed by atoms with E-state index in [-0.39, 0.29) is 5.92 Å². The van der Waals surface area contributed by atoms with Gasteiger partial charge in [0.1, 0.15) is 6.04 Å². The molecule has 30 heavy (non-hydrogen) atoms. The molecule has 3 amide bonds. The van der Waals surface area contributed by atoms with E-state index in [9.17, 15) is 18.0 Å². The highest BCUT2D eigenvalue weighted by Gasteiger charge is 2.24. The number of hydrogen-bond donors (Lipinski definition) is 4. The van der Waals surface area contributed by atoms with E-state index < -0.39 is 28.0 Å². The Balaban J connectivity index is 2.03. The first-order chi connectivity index (χ1) is 14.0. The maximum absolute atomic E-state index is 12.8. The average Bonchev–Trinajstić information content (AvgIpc) is 2.66. The largest absolute Gasteiger partial charge is 0.334 e. The number of urea groups is 1. The lowest BCUT2D eigenvalue weighted by Crippen LogP contribution is -2.50. The summed E-state index contributed by atoms with van der Waals surface area (Å²) < 4.78 is 25.5. The van der Waals surface area contributed by atoms with E-state index in [1.807, 2.05) is 44.2 Å². The summed E-state index contributed by atoms with van der Waals surface area (Å²) in [7, 11) is -3.45. The molecular formula is C21H28N4O4S. The van der Waals surface area contributed by atoms with Crippen molar-refractivity contribution < 1.29 is 18.0 Å². The molecule has 2 aromatic carbocycles. The number of carbonyl (C=O) groups is 2. The molecule has 8 nitrogen and oxygen atoms in total. The molecule has 2 aromatic rings. The van der Waals surface area contributed by atoms with Crippen LogP contribution in [-0.2, 0) is 21.4 Å². The minimum absolute atomic E-state index is 0.161. The van der Waals surface area contributed by atoms with Crippen molar-refractivity contribution in [3.05, 3.63) is 59.7 Å². The Kier molecular flexibility index (Phi) is 7.82. The van der Waals surface area contributed by atoms with Gasteiger partial charge in [-0.3, -0.25) is 9.52 Å². The predicted molar refractivity (Wildman–Crippen MR) is 119 cm³/mol. The summed E-state index contributed by atoms with van der Waals surface area (Å²) in [4.78, 5) is 25.0. The molecule has 0 aliphatic heterocycles. The number of hydrogen-bond acceptors (Lipinski definition) is 4. The van der Waals surface area contributed by atoms with Crippen molar-refractivity contribution >= 4 is 33.3 Å². The van der Waals surface area contributed by atoms with Gasteiger partial charge in [0, 0.05) is 12.2 Å². The SMILES string of the molecule is Cc1ccc(NC(=O)C(NC(=O)NCc2ccccc2)C(C)C)cc1NS(C)(=O)=O. The first-order valence-corrected chi connectivity index (χ1v) is 11.4. The third-order valence-electron chi connectivity index (χ3n) is 4.33. The number of anilines is 2. The molecule has 0 fully saturated rings. The number of carbonyl (C=O) groups excluding carboxylic acids is 2. The Morgan fingerprint density at radius 3 is 2.30 bits per heavy atom. The number of amides is 3. The standard InChI is InChI=1S/C21H28N4O4S/c1-14(2)19(24-21(27)22-13-16-8-6-5-7-9-16)20(26)23-17-11-10-15(3)18(12-17)25-30(4,28)29/h5-12,14,19,25H,13H2,1-4H3,(H,23,26)(H2,22,24,27). The van der Waals surface area contributed by atoms with Crippen LogP contribution in [0, 0.1) is 12.8 Å². The molecule has 0 aliphatic rings. The normalized spacial score (nSPS) is 12.2. The fraction of sp³-hybridized carbons (Fsp3) is 0.333. The predicted octanol–water partition coefficient (Wildman–Crippen LogP) is 2.83. The van der Waals surface area contributed by atoms with E-state index in [1.165, 1.54) is 0 Å². The van der Waals surface area contributed by atoms with E-state index in [0.29, 0.717) is 17.9 Å². The van der Waals surface area contributed by atoms with E-state index in [1.54, 1.807) is 25.1 Å². The highest BCUT2D eigenvalue weighted by molar-refractivity contribution is 7.92. The van der Waals surface area contributed by atoms with E-state index in [4.69, 9.17) is 0 Å². The van der Waals surface area contributed by atoms with Crippen LogP contribution in [0.5, 0.6) is 0 Å².